The molecule has 1 fully saturated rings. The molecule has 0 spiro atoms. The van der Waals surface area contributed by atoms with Gasteiger partial charge in [-0.1, -0.05) is 36.8 Å². The van der Waals surface area contributed by atoms with Crippen LogP contribution in [0.1, 0.15) is 31.7 Å². The second-order valence-corrected chi connectivity index (χ2v) is 9.97. The first-order valence-corrected chi connectivity index (χ1v) is 12.6. The Balaban J connectivity index is 1.60. The molecule has 1 aliphatic rings. The SMILES string of the molecule is CCc1ccccc1NC(=O)C1CCCCN1S(=O)(=O)c1ccc2c(c1)nnn2CCOC. The minimum atomic E-state index is -3.89. The number of hydrogen-bond donors (Lipinski definition) is 1. The number of piperidine rings is 1. The highest BCUT2D eigenvalue weighted by Gasteiger charge is 2.38. The molecule has 1 aromatic heterocycles. The molecular weight excluding hydrogens is 442 g/mol. The molecule has 4 rings (SSSR count). The lowest BCUT2D eigenvalue weighted by atomic mass is 10.0. The number of para-hydroxylation sites is 1. The summed E-state index contributed by atoms with van der Waals surface area (Å²) in [6.45, 7) is 3.31. The third-order valence-corrected chi connectivity index (χ3v) is 7.92. The van der Waals surface area contributed by atoms with Crippen LogP contribution in [0.15, 0.2) is 47.4 Å². The molecule has 1 aliphatic heterocycles. The van der Waals surface area contributed by atoms with E-state index in [9.17, 15) is 13.2 Å². The summed E-state index contributed by atoms with van der Waals surface area (Å²) >= 11 is 0. The molecule has 176 valence electrons. The number of fused-ring (bicyclic) bond motifs is 1. The van der Waals surface area contributed by atoms with Crippen molar-refractivity contribution in [2.45, 2.75) is 50.1 Å². The number of rotatable bonds is 8. The van der Waals surface area contributed by atoms with Crippen LogP contribution in [-0.4, -0.2) is 59.9 Å². The van der Waals surface area contributed by atoms with Crippen LogP contribution in [0.5, 0.6) is 0 Å². The zero-order valence-corrected chi connectivity index (χ0v) is 19.7. The van der Waals surface area contributed by atoms with Gasteiger partial charge in [0.2, 0.25) is 15.9 Å². The predicted octanol–water partition coefficient (Wildman–Crippen LogP) is 2.82. The summed E-state index contributed by atoms with van der Waals surface area (Å²) < 4.78 is 35.2. The molecule has 3 aromatic rings. The number of aromatic nitrogens is 3. The largest absolute Gasteiger partial charge is 0.383 e. The first-order chi connectivity index (χ1) is 16.0. The van der Waals surface area contributed by atoms with Gasteiger partial charge in [-0.3, -0.25) is 4.79 Å². The van der Waals surface area contributed by atoms with Gasteiger partial charge < -0.3 is 10.1 Å². The molecule has 1 saturated heterocycles. The van der Waals surface area contributed by atoms with E-state index >= 15 is 0 Å². The van der Waals surface area contributed by atoms with E-state index in [1.807, 2.05) is 31.2 Å². The first kappa shape index (κ1) is 23.3. The third kappa shape index (κ3) is 4.78. The van der Waals surface area contributed by atoms with Crippen molar-refractivity contribution in [3.63, 3.8) is 0 Å². The number of ether oxygens (including phenoxy) is 1. The highest BCUT2D eigenvalue weighted by molar-refractivity contribution is 7.89. The lowest BCUT2D eigenvalue weighted by Gasteiger charge is -2.33. The van der Waals surface area contributed by atoms with Crippen molar-refractivity contribution in [2.24, 2.45) is 0 Å². The smallest absolute Gasteiger partial charge is 0.243 e. The molecule has 2 aromatic carbocycles. The Hall–Kier alpha value is -2.82. The summed E-state index contributed by atoms with van der Waals surface area (Å²) in [5.74, 6) is -0.300. The molecule has 1 unspecified atom stereocenters. The monoisotopic (exact) mass is 471 g/mol. The number of aryl methyl sites for hydroxylation is 1. The maximum Gasteiger partial charge on any atom is 0.243 e. The minimum absolute atomic E-state index is 0.113. The maximum atomic E-state index is 13.6. The summed E-state index contributed by atoms with van der Waals surface area (Å²) in [6, 6.07) is 11.6. The Morgan fingerprint density at radius 3 is 2.82 bits per heavy atom. The summed E-state index contributed by atoms with van der Waals surface area (Å²) in [5.41, 5.74) is 2.96. The van der Waals surface area contributed by atoms with Crippen molar-refractivity contribution in [3.05, 3.63) is 48.0 Å². The molecule has 1 amide bonds. The lowest BCUT2D eigenvalue weighted by molar-refractivity contribution is -0.120. The number of hydrogen-bond acceptors (Lipinski definition) is 6. The van der Waals surface area contributed by atoms with Gasteiger partial charge in [-0.2, -0.15) is 4.31 Å². The number of methoxy groups -OCH3 is 1. The molecule has 2 heterocycles. The fourth-order valence-electron chi connectivity index (χ4n) is 4.21. The van der Waals surface area contributed by atoms with Crippen molar-refractivity contribution in [1.82, 2.24) is 19.3 Å². The molecule has 0 radical (unpaired) electrons. The van der Waals surface area contributed by atoms with E-state index in [1.165, 1.54) is 10.4 Å². The number of sulfonamides is 1. The predicted molar refractivity (Wildman–Crippen MR) is 125 cm³/mol. The Morgan fingerprint density at radius 1 is 1.21 bits per heavy atom. The number of anilines is 1. The molecule has 0 bridgehead atoms. The van der Waals surface area contributed by atoms with Crippen molar-refractivity contribution < 1.29 is 17.9 Å². The van der Waals surface area contributed by atoms with Crippen LogP contribution >= 0.6 is 0 Å². The van der Waals surface area contributed by atoms with Gasteiger partial charge in [0.1, 0.15) is 11.6 Å². The third-order valence-electron chi connectivity index (χ3n) is 6.01. The van der Waals surface area contributed by atoms with E-state index in [4.69, 9.17) is 4.74 Å². The van der Waals surface area contributed by atoms with Crippen molar-refractivity contribution in [1.29, 1.82) is 0 Å². The molecule has 0 aliphatic carbocycles. The van der Waals surface area contributed by atoms with Gasteiger partial charge in [0.15, 0.2) is 0 Å². The molecule has 1 N–H and O–H groups in total. The number of amides is 1. The van der Waals surface area contributed by atoms with E-state index in [1.54, 1.807) is 23.9 Å². The maximum absolute atomic E-state index is 13.6. The van der Waals surface area contributed by atoms with Gasteiger partial charge in [-0.15, -0.1) is 5.10 Å². The van der Waals surface area contributed by atoms with Crippen molar-refractivity contribution >= 4 is 32.7 Å². The number of nitrogens with one attached hydrogen (secondary N) is 1. The van der Waals surface area contributed by atoms with E-state index in [-0.39, 0.29) is 10.8 Å². The highest BCUT2D eigenvalue weighted by atomic mass is 32.2. The normalized spacial score (nSPS) is 17.3. The number of carbonyl (C=O) groups excluding carboxylic acids is 1. The Labute approximate surface area is 193 Å². The van der Waals surface area contributed by atoms with Gasteiger partial charge in [0.05, 0.1) is 23.6 Å². The van der Waals surface area contributed by atoms with Crippen LogP contribution in [0.3, 0.4) is 0 Å². The van der Waals surface area contributed by atoms with Gasteiger partial charge in [-0.25, -0.2) is 13.1 Å². The van der Waals surface area contributed by atoms with Crippen LogP contribution in [0, 0.1) is 0 Å². The van der Waals surface area contributed by atoms with E-state index in [0.29, 0.717) is 38.1 Å². The Morgan fingerprint density at radius 2 is 2.03 bits per heavy atom. The molecule has 0 saturated carbocycles. The molecule has 10 heteroatoms. The van der Waals surface area contributed by atoms with E-state index < -0.39 is 16.1 Å². The van der Waals surface area contributed by atoms with Crippen molar-refractivity contribution in [2.75, 3.05) is 25.6 Å². The molecule has 1 atom stereocenters. The summed E-state index contributed by atoms with van der Waals surface area (Å²) in [7, 11) is -2.29. The molecular formula is C23H29N5O4S. The van der Waals surface area contributed by atoms with Crippen LogP contribution in [0.2, 0.25) is 0 Å². The average molecular weight is 472 g/mol. The first-order valence-electron chi connectivity index (χ1n) is 11.2. The highest BCUT2D eigenvalue weighted by Crippen LogP contribution is 2.28. The number of benzene rings is 2. The minimum Gasteiger partial charge on any atom is -0.383 e. The second-order valence-electron chi connectivity index (χ2n) is 8.08. The van der Waals surface area contributed by atoms with E-state index in [0.717, 1.165) is 29.6 Å². The van der Waals surface area contributed by atoms with Crippen LogP contribution in [0.4, 0.5) is 5.69 Å². The average Bonchev–Trinajstić information content (AvgIpc) is 3.25. The number of carbonyl (C=O) groups is 1. The zero-order valence-electron chi connectivity index (χ0n) is 18.9. The fourth-order valence-corrected chi connectivity index (χ4v) is 5.89. The summed E-state index contributed by atoms with van der Waals surface area (Å²) in [6.07, 6.45) is 2.76. The Kier molecular flexibility index (Phi) is 7.06. The molecule has 33 heavy (non-hydrogen) atoms. The standard InChI is InChI=1S/C23H29N5O4S/c1-3-17-8-4-5-9-19(17)24-23(29)22-10-6-7-13-28(22)33(30,31)18-11-12-21-20(16-18)25-26-27(21)14-15-32-2/h4-5,8-9,11-12,16,22H,3,6-7,10,13-15H2,1-2H3,(H,24,29). The van der Waals surface area contributed by atoms with Crippen LogP contribution in [0.25, 0.3) is 11.0 Å². The lowest BCUT2D eigenvalue weighted by Crippen LogP contribution is -2.49. The van der Waals surface area contributed by atoms with Gasteiger partial charge in [0.25, 0.3) is 0 Å². The van der Waals surface area contributed by atoms with Crippen LogP contribution in [-0.2, 0) is 32.5 Å². The topological polar surface area (TPSA) is 106 Å². The van der Waals surface area contributed by atoms with E-state index in [2.05, 4.69) is 15.6 Å². The van der Waals surface area contributed by atoms with Gasteiger partial charge in [0, 0.05) is 19.3 Å². The summed E-state index contributed by atoms with van der Waals surface area (Å²) in [4.78, 5) is 13.3. The summed E-state index contributed by atoms with van der Waals surface area (Å²) in [5, 5.41) is 11.2. The van der Waals surface area contributed by atoms with Crippen molar-refractivity contribution in [3.8, 4) is 0 Å². The zero-order chi connectivity index (χ0) is 23.4. The Bertz CT molecular complexity index is 1240. The molecule has 9 nitrogen and oxygen atoms in total. The second kappa shape index (κ2) is 9.98. The van der Waals surface area contributed by atoms with Gasteiger partial charge >= 0.3 is 0 Å². The number of nitrogens with zero attached hydrogens (tertiary/aromatic N) is 4. The van der Waals surface area contributed by atoms with Gasteiger partial charge in [-0.05, 0) is 49.1 Å². The fraction of sp³-hybridized carbons (Fsp3) is 0.435. The van der Waals surface area contributed by atoms with Crippen LogP contribution < -0.4 is 5.32 Å². The quantitative estimate of drug-likeness (QED) is 0.541.